The van der Waals surface area contributed by atoms with Crippen molar-refractivity contribution in [3.8, 4) is 0 Å². The molecule has 0 saturated carbocycles. The first-order valence-corrected chi connectivity index (χ1v) is 8.46. The van der Waals surface area contributed by atoms with Crippen molar-refractivity contribution >= 4 is 5.69 Å². The maximum atomic E-state index is 3.45. The number of hydrogen-bond acceptors (Lipinski definition) is 2. The molecule has 0 amide bonds. The molecule has 2 aliphatic heterocycles. The van der Waals surface area contributed by atoms with E-state index in [1.165, 1.54) is 69.5 Å². The molecule has 20 heavy (non-hydrogen) atoms. The second-order valence-corrected chi connectivity index (χ2v) is 5.76. The van der Waals surface area contributed by atoms with E-state index >= 15 is 0 Å². The first kappa shape index (κ1) is 15.4. The second-order valence-electron chi connectivity index (χ2n) is 5.76. The number of nitrogens with zero attached hydrogens (tertiary/aromatic N) is 1. The Morgan fingerprint density at radius 1 is 1.10 bits per heavy atom. The van der Waals surface area contributed by atoms with E-state index in [2.05, 4.69) is 34.5 Å². The molecule has 2 saturated heterocycles. The summed E-state index contributed by atoms with van der Waals surface area (Å²) in [5, 5.41) is 3.45. The standard InChI is InChI=1S/C16H24N2.C2H6/c1-2-11-18(10-1)16-5-3-4-15(13-16)12-14-6-8-17-9-7-14;1-2/h3-5,13-14,17H,1-2,6-12H2;1-2H3. The van der Waals surface area contributed by atoms with E-state index in [1.807, 2.05) is 13.8 Å². The molecule has 2 aliphatic rings. The molecule has 0 atom stereocenters. The summed E-state index contributed by atoms with van der Waals surface area (Å²) in [6.45, 7) is 8.90. The molecule has 0 aromatic heterocycles. The van der Waals surface area contributed by atoms with Gasteiger partial charge in [0.25, 0.3) is 0 Å². The van der Waals surface area contributed by atoms with Crippen molar-refractivity contribution in [2.75, 3.05) is 31.1 Å². The summed E-state index contributed by atoms with van der Waals surface area (Å²) in [6.07, 6.45) is 6.67. The Kier molecular flexibility index (Phi) is 6.38. The van der Waals surface area contributed by atoms with E-state index in [1.54, 1.807) is 0 Å². The van der Waals surface area contributed by atoms with Crippen molar-refractivity contribution < 1.29 is 0 Å². The predicted molar refractivity (Wildman–Crippen MR) is 88.5 cm³/mol. The number of hydrogen-bond donors (Lipinski definition) is 1. The van der Waals surface area contributed by atoms with E-state index in [-0.39, 0.29) is 0 Å². The summed E-state index contributed by atoms with van der Waals surface area (Å²) in [6, 6.07) is 9.25. The summed E-state index contributed by atoms with van der Waals surface area (Å²) in [5.41, 5.74) is 2.98. The molecule has 2 heterocycles. The van der Waals surface area contributed by atoms with Crippen molar-refractivity contribution in [1.29, 1.82) is 0 Å². The van der Waals surface area contributed by atoms with Crippen molar-refractivity contribution in [3.05, 3.63) is 29.8 Å². The molecule has 0 aliphatic carbocycles. The van der Waals surface area contributed by atoms with Crippen molar-refractivity contribution in [3.63, 3.8) is 0 Å². The average molecular weight is 274 g/mol. The molecular formula is C18H30N2. The van der Waals surface area contributed by atoms with Gasteiger partial charge < -0.3 is 10.2 Å². The molecule has 1 aromatic rings. The smallest absolute Gasteiger partial charge is 0.0368 e. The molecule has 0 bridgehead atoms. The van der Waals surface area contributed by atoms with Crippen LogP contribution in [0.25, 0.3) is 0 Å². The lowest BCUT2D eigenvalue weighted by Gasteiger charge is -2.23. The third kappa shape index (κ3) is 4.24. The van der Waals surface area contributed by atoms with Crippen LogP contribution in [0.4, 0.5) is 5.69 Å². The fourth-order valence-corrected chi connectivity index (χ4v) is 3.27. The van der Waals surface area contributed by atoms with E-state index in [0.29, 0.717) is 0 Å². The predicted octanol–water partition coefficient (Wildman–Crippen LogP) is 3.86. The highest BCUT2D eigenvalue weighted by atomic mass is 15.1. The minimum absolute atomic E-state index is 0.889. The van der Waals surface area contributed by atoms with Gasteiger partial charge >= 0.3 is 0 Å². The summed E-state index contributed by atoms with van der Waals surface area (Å²) >= 11 is 0. The molecule has 2 fully saturated rings. The number of nitrogens with one attached hydrogen (secondary N) is 1. The first-order chi connectivity index (χ1) is 9.92. The van der Waals surface area contributed by atoms with Crippen LogP contribution in [0.3, 0.4) is 0 Å². The highest BCUT2D eigenvalue weighted by Crippen LogP contribution is 2.24. The van der Waals surface area contributed by atoms with E-state index in [4.69, 9.17) is 0 Å². The number of benzene rings is 1. The van der Waals surface area contributed by atoms with Gasteiger partial charge in [-0.05, 0) is 68.8 Å². The van der Waals surface area contributed by atoms with Crippen LogP contribution in [0, 0.1) is 5.92 Å². The van der Waals surface area contributed by atoms with Crippen LogP contribution < -0.4 is 10.2 Å². The largest absolute Gasteiger partial charge is 0.372 e. The SMILES string of the molecule is CC.c1cc(CC2CCNCC2)cc(N2CCCC2)c1. The van der Waals surface area contributed by atoms with E-state index in [0.717, 1.165) is 5.92 Å². The minimum atomic E-state index is 0.889. The zero-order valence-corrected chi connectivity index (χ0v) is 13.2. The van der Waals surface area contributed by atoms with Crippen LogP contribution >= 0.6 is 0 Å². The fraction of sp³-hybridized carbons (Fsp3) is 0.667. The lowest BCUT2D eigenvalue weighted by molar-refractivity contribution is 0.372. The highest BCUT2D eigenvalue weighted by molar-refractivity contribution is 5.49. The van der Waals surface area contributed by atoms with Gasteiger partial charge in [-0.2, -0.15) is 0 Å². The van der Waals surface area contributed by atoms with Crippen molar-refractivity contribution in [2.45, 2.75) is 46.0 Å². The van der Waals surface area contributed by atoms with Crippen LogP contribution in [-0.2, 0) is 6.42 Å². The fourth-order valence-electron chi connectivity index (χ4n) is 3.27. The molecule has 0 unspecified atom stereocenters. The Morgan fingerprint density at radius 3 is 2.50 bits per heavy atom. The topological polar surface area (TPSA) is 15.3 Å². The number of anilines is 1. The minimum Gasteiger partial charge on any atom is -0.372 e. The lowest BCUT2D eigenvalue weighted by Crippen LogP contribution is -2.28. The van der Waals surface area contributed by atoms with Gasteiger partial charge in [-0.3, -0.25) is 0 Å². The third-order valence-electron chi connectivity index (χ3n) is 4.36. The van der Waals surface area contributed by atoms with Gasteiger partial charge in [-0.1, -0.05) is 26.0 Å². The molecule has 1 N–H and O–H groups in total. The summed E-state index contributed by atoms with van der Waals surface area (Å²) in [7, 11) is 0. The van der Waals surface area contributed by atoms with E-state index < -0.39 is 0 Å². The Labute approximate surface area is 124 Å². The van der Waals surface area contributed by atoms with Gasteiger partial charge in [0.15, 0.2) is 0 Å². The normalized spacial score (nSPS) is 19.6. The van der Waals surface area contributed by atoms with Gasteiger partial charge in [0, 0.05) is 18.8 Å². The average Bonchev–Trinajstić information content (AvgIpc) is 3.05. The van der Waals surface area contributed by atoms with Crippen LogP contribution in [0.5, 0.6) is 0 Å². The Balaban J connectivity index is 0.000000704. The molecule has 2 heteroatoms. The van der Waals surface area contributed by atoms with Crippen LogP contribution in [0.1, 0.15) is 45.1 Å². The van der Waals surface area contributed by atoms with Crippen LogP contribution in [0.2, 0.25) is 0 Å². The molecule has 3 rings (SSSR count). The van der Waals surface area contributed by atoms with Gasteiger partial charge in [0.2, 0.25) is 0 Å². The van der Waals surface area contributed by atoms with Crippen LogP contribution in [0.15, 0.2) is 24.3 Å². The highest BCUT2D eigenvalue weighted by Gasteiger charge is 2.15. The monoisotopic (exact) mass is 274 g/mol. The molecule has 112 valence electrons. The molecule has 0 spiro atoms. The van der Waals surface area contributed by atoms with Crippen molar-refractivity contribution in [2.24, 2.45) is 5.92 Å². The first-order valence-electron chi connectivity index (χ1n) is 8.46. The zero-order valence-electron chi connectivity index (χ0n) is 13.2. The molecule has 2 nitrogen and oxygen atoms in total. The number of piperidine rings is 1. The maximum Gasteiger partial charge on any atom is 0.0368 e. The van der Waals surface area contributed by atoms with Gasteiger partial charge in [0.1, 0.15) is 0 Å². The quantitative estimate of drug-likeness (QED) is 0.900. The van der Waals surface area contributed by atoms with Crippen LogP contribution in [-0.4, -0.2) is 26.2 Å². The van der Waals surface area contributed by atoms with Crippen molar-refractivity contribution in [1.82, 2.24) is 5.32 Å². The Bertz CT molecular complexity index is 377. The molecule has 0 radical (unpaired) electrons. The molecule has 1 aromatic carbocycles. The second kappa shape index (κ2) is 8.31. The van der Waals surface area contributed by atoms with Gasteiger partial charge in [0.05, 0.1) is 0 Å². The number of rotatable bonds is 3. The van der Waals surface area contributed by atoms with E-state index in [9.17, 15) is 0 Å². The zero-order chi connectivity index (χ0) is 14.2. The lowest BCUT2D eigenvalue weighted by atomic mass is 9.91. The summed E-state index contributed by atoms with van der Waals surface area (Å²) in [4.78, 5) is 2.53. The van der Waals surface area contributed by atoms with Gasteiger partial charge in [-0.25, -0.2) is 0 Å². The van der Waals surface area contributed by atoms with Gasteiger partial charge in [-0.15, -0.1) is 0 Å². The Morgan fingerprint density at radius 2 is 1.80 bits per heavy atom. The molecular weight excluding hydrogens is 244 g/mol. The third-order valence-corrected chi connectivity index (χ3v) is 4.36. The Hall–Kier alpha value is -1.02. The maximum absolute atomic E-state index is 3.45. The summed E-state index contributed by atoms with van der Waals surface area (Å²) < 4.78 is 0. The summed E-state index contributed by atoms with van der Waals surface area (Å²) in [5.74, 6) is 0.889.